The van der Waals surface area contributed by atoms with Crippen LogP contribution < -0.4 is 5.32 Å². The normalized spacial score (nSPS) is 12.4. The summed E-state index contributed by atoms with van der Waals surface area (Å²) in [5.74, 6) is -0.835. The molecule has 7 nitrogen and oxygen atoms in total. The molecule has 0 saturated heterocycles. The summed E-state index contributed by atoms with van der Waals surface area (Å²) in [5.41, 5.74) is 0. The molecule has 0 aromatic carbocycles. The molecule has 1 atom stereocenters. The first-order chi connectivity index (χ1) is 9.97. The summed E-state index contributed by atoms with van der Waals surface area (Å²) in [6.07, 6.45) is -1.52. The molecule has 0 bridgehead atoms. The van der Waals surface area contributed by atoms with Gasteiger partial charge in [-0.05, 0) is 25.2 Å². The third kappa shape index (κ3) is 5.57. The summed E-state index contributed by atoms with van der Waals surface area (Å²) in [6, 6.07) is 3.33. The number of carboxylic acid groups (broad SMARTS) is 1. The first-order valence-electron chi connectivity index (χ1n) is 6.98. The van der Waals surface area contributed by atoms with Crippen molar-refractivity contribution < 1.29 is 24.2 Å². The zero-order chi connectivity index (χ0) is 15.8. The highest BCUT2D eigenvalue weighted by atomic mass is 16.4. The van der Waals surface area contributed by atoms with E-state index in [2.05, 4.69) is 10.2 Å². The van der Waals surface area contributed by atoms with E-state index in [1.54, 1.807) is 12.1 Å². The van der Waals surface area contributed by atoms with Crippen LogP contribution in [0, 0.1) is 0 Å². The minimum Gasteiger partial charge on any atom is -0.479 e. The number of carboxylic acids is 1. The summed E-state index contributed by atoms with van der Waals surface area (Å²) in [5, 5.41) is 20.1. The van der Waals surface area contributed by atoms with Gasteiger partial charge in [0.05, 0.1) is 6.54 Å². The fourth-order valence-corrected chi connectivity index (χ4v) is 1.79. The van der Waals surface area contributed by atoms with E-state index in [1.165, 1.54) is 0 Å². The molecule has 0 aliphatic carbocycles. The number of hydrogen-bond acceptors (Lipinski definition) is 5. The molecule has 1 aromatic heterocycles. The Hall–Kier alpha value is -1.86. The fraction of sp³-hybridized carbons (Fsp3) is 0.571. The number of aliphatic hydroxyl groups excluding tert-OH is 1. The number of rotatable bonds is 9. The zero-order valence-corrected chi connectivity index (χ0v) is 12.3. The van der Waals surface area contributed by atoms with Crippen molar-refractivity contribution in [3.63, 3.8) is 0 Å². The first-order valence-corrected chi connectivity index (χ1v) is 6.98. The highest BCUT2D eigenvalue weighted by Crippen LogP contribution is 2.10. The van der Waals surface area contributed by atoms with Crippen LogP contribution in [0.1, 0.15) is 36.6 Å². The summed E-state index contributed by atoms with van der Waals surface area (Å²) >= 11 is 0. The van der Waals surface area contributed by atoms with Crippen molar-refractivity contribution in [2.24, 2.45) is 0 Å². The second-order valence-electron chi connectivity index (χ2n) is 4.63. The van der Waals surface area contributed by atoms with Crippen LogP contribution in [0.2, 0.25) is 0 Å². The van der Waals surface area contributed by atoms with Gasteiger partial charge in [0.1, 0.15) is 5.76 Å². The van der Waals surface area contributed by atoms with Gasteiger partial charge in [-0.2, -0.15) is 0 Å². The van der Waals surface area contributed by atoms with E-state index < -0.39 is 18.0 Å². The van der Waals surface area contributed by atoms with Crippen LogP contribution in [0.4, 0.5) is 0 Å². The lowest BCUT2D eigenvalue weighted by atomic mass is 10.2. The predicted octanol–water partition coefficient (Wildman–Crippen LogP) is 0.687. The predicted molar refractivity (Wildman–Crippen MR) is 75.9 cm³/mol. The van der Waals surface area contributed by atoms with Crippen molar-refractivity contribution in [1.82, 2.24) is 10.2 Å². The van der Waals surface area contributed by atoms with Gasteiger partial charge >= 0.3 is 5.97 Å². The van der Waals surface area contributed by atoms with Gasteiger partial charge in [-0.1, -0.05) is 13.8 Å². The monoisotopic (exact) mass is 298 g/mol. The molecule has 0 spiro atoms. The molecule has 1 rings (SSSR count). The van der Waals surface area contributed by atoms with E-state index in [0.717, 1.165) is 13.1 Å². The number of amides is 1. The number of hydrogen-bond donors (Lipinski definition) is 3. The topological polar surface area (TPSA) is 103 Å². The number of nitrogens with zero attached hydrogens (tertiary/aromatic N) is 1. The van der Waals surface area contributed by atoms with Gasteiger partial charge in [0.15, 0.2) is 11.9 Å². The second kappa shape index (κ2) is 8.43. The largest absolute Gasteiger partial charge is 0.479 e. The van der Waals surface area contributed by atoms with Crippen molar-refractivity contribution in [3.05, 3.63) is 23.7 Å². The van der Waals surface area contributed by atoms with E-state index in [-0.39, 0.29) is 18.7 Å². The molecule has 0 aliphatic rings. The molecule has 118 valence electrons. The minimum atomic E-state index is -1.47. The van der Waals surface area contributed by atoms with Crippen molar-refractivity contribution in [2.45, 2.75) is 32.9 Å². The minimum absolute atomic E-state index is 0.0475. The average Bonchev–Trinajstić information content (AvgIpc) is 2.92. The lowest BCUT2D eigenvalue weighted by Crippen LogP contribution is -2.29. The van der Waals surface area contributed by atoms with E-state index in [4.69, 9.17) is 14.6 Å². The smallest absolute Gasteiger partial charge is 0.332 e. The lowest BCUT2D eigenvalue weighted by Gasteiger charge is -2.15. The molecule has 3 N–H and O–H groups in total. The molecule has 1 amide bonds. The molecule has 7 heteroatoms. The number of furan rings is 1. The van der Waals surface area contributed by atoms with Gasteiger partial charge in [0, 0.05) is 13.0 Å². The van der Waals surface area contributed by atoms with Crippen LogP contribution in [-0.4, -0.2) is 52.7 Å². The SMILES string of the molecule is CCN(CC)Cc1ccc(C(=O)NCCC(O)C(=O)O)o1. The zero-order valence-electron chi connectivity index (χ0n) is 12.3. The Morgan fingerprint density at radius 2 is 2.00 bits per heavy atom. The molecule has 1 aromatic rings. The van der Waals surface area contributed by atoms with Crippen molar-refractivity contribution in [1.29, 1.82) is 0 Å². The number of nitrogens with one attached hydrogen (secondary N) is 1. The highest BCUT2D eigenvalue weighted by Gasteiger charge is 2.15. The van der Waals surface area contributed by atoms with Gasteiger partial charge in [-0.3, -0.25) is 9.69 Å². The quantitative estimate of drug-likeness (QED) is 0.619. The summed E-state index contributed by atoms with van der Waals surface area (Å²) in [7, 11) is 0. The lowest BCUT2D eigenvalue weighted by molar-refractivity contribution is -0.146. The maximum atomic E-state index is 11.8. The Morgan fingerprint density at radius 1 is 1.33 bits per heavy atom. The molecule has 1 heterocycles. The second-order valence-corrected chi connectivity index (χ2v) is 4.63. The Kier molecular flexibility index (Phi) is 6.90. The molecule has 1 unspecified atom stereocenters. The van der Waals surface area contributed by atoms with Crippen LogP contribution in [0.3, 0.4) is 0 Å². The molecule has 21 heavy (non-hydrogen) atoms. The standard InChI is InChI=1S/C14H22N2O5/c1-3-16(4-2)9-10-5-6-12(21-10)13(18)15-8-7-11(17)14(19)20/h5-6,11,17H,3-4,7-9H2,1-2H3,(H,15,18)(H,19,20). The van der Waals surface area contributed by atoms with Gasteiger partial charge in [0.25, 0.3) is 5.91 Å². The number of aliphatic hydroxyl groups is 1. The number of carbonyl (C=O) groups is 2. The van der Waals surface area contributed by atoms with E-state index in [0.29, 0.717) is 12.3 Å². The van der Waals surface area contributed by atoms with Crippen molar-refractivity contribution >= 4 is 11.9 Å². The van der Waals surface area contributed by atoms with Gasteiger partial charge in [0.2, 0.25) is 0 Å². The molecular formula is C14H22N2O5. The van der Waals surface area contributed by atoms with Crippen molar-refractivity contribution in [2.75, 3.05) is 19.6 Å². The van der Waals surface area contributed by atoms with Crippen LogP contribution in [0.15, 0.2) is 16.5 Å². The van der Waals surface area contributed by atoms with Crippen molar-refractivity contribution in [3.8, 4) is 0 Å². The molecule has 0 radical (unpaired) electrons. The Balaban J connectivity index is 2.45. The molecular weight excluding hydrogens is 276 g/mol. The first kappa shape index (κ1) is 17.2. The third-order valence-electron chi connectivity index (χ3n) is 3.15. The van der Waals surface area contributed by atoms with Gasteiger partial charge < -0.3 is 19.9 Å². The van der Waals surface area contributed by atoms with Crippen LogP contribution >= 0.6 is 0 Å². The molecule has 0 saturated carbocycles. The Bertz CT molecular complexity index is 468. The average molecular weight is 298 g/mol. The van der Waals surface area contributed by atoms with E-state index >= 15 is 0 Å². The fourth-order valence-electron chi connectivity index (χ4n) is 1.79. The van der Waals surface area contributed by atoms with Crippen LogP contribution in [0.5, 0.6) is 0 Å². The van der Waals surface area contributed by atoms with Crippen LogP contribution in [-0.2, 0) is 11.3 Å². The summed E-state index contributed by atoms with van der Waals surface area (Å²) < 4.78 is 5.45. The third-order valence-corrected chi connectivity index (χ3v) is 3.15. The Morgan fingerprint density at radius 3 is 2.57 bits per heavy atom. The highest BCUT2D eigenvalue weighted by molar-refractivity contribution is 5.91. The van der Waals surface area contributed by atoms with Gasteiger partial charge in [-0.15, -0.1) is 0 Å². The number of aliphatic carboxylic acids is 1. The molecule has 0 aliphatic heterocycles. The molecule has 0 fully saturated rings. The summed E-state index contributed by atoms with van der Waals surface area (Å²) in [6.45, 7) is 6.59. The van der Waals surface area contributed by atoms with E-state index in [1.807, 2.05) is 13.8 Å². The summed E-state index contributed by atoms with van der Waals surface area (Å²) in [4.78, 5) is 24.4. The van der Waals surface area contributed by atoms with E-state index in [9.17, 15) is 9.59 Å². The number of carbonyl (C=O) groups excluding carboxylic acids is 1. The maximum Gasteiger partial charge on any atom is 0.332 e. The van der Waals surface area contributed by atoms with Gasteiger partial charge in [-0.25, -0.2) is 4.79 Å². The Labute approximate surface area is 123 Å². The maximum absolute atomic E-state index is 11.8. The van der Waals surface area contributed by atoms with Crippen LogP contribution in [0.25, 0.3) is 0 Å².